The molecule has 4 unspecified atom stereocenters. The molecule has 1 saturated carbocycles. The lowest BCUT2D eigenvalue weighted by Gasteiger charge is -2.29. The quantitative estimate of drug-likeness (QED) is 0.759. The van der Waals surface area contributed by atoms with Crippen molar-refractivity contribution in [3.05, 3.63) is 0 Å². The Bertz CT molecular complexity index is 360. The summed E-state index contributed by atoms with van der Waals surface area (Å²) >= 11 is 0. The molecule has 1 aliphatic carbocycles. The van der Waals surface area contributed by atoms with E-state index in [1.807, 2.05) is 6.92 Å². The van der Waals surface area contributed by atoms with Crippen molar-refractivity contribution in [2.75, 3.05) is 33.7 Å². The Morgan fingerprint density at radius 2 is 2.15 bits per heavy atom. The summed E-state index contributed by atoms with van der Waals surface area (Å²) in [5.41, 5.74) is 5.18. The third-order valence-electron chi connectivity index (χ3n) is 5.26. The third-order valence-corrected chi connectivity index (χ3v) is 5.26. The van der Waals surface area contributed by atoms with Crippen molar-refractivity contribution in [2.24, 2.45) is 11.7 Å². The average molecular weight is 282 g/mol. The fraction of sp³-hybridized carbons (Fsp3) is 0.933. The zero-order chi connectivity index (χ0) is 14.9. The van der Waals surface area contributed by atoms with E-state index in [0.717, 1.165) is 38.9 Å². The van der Waals surface area contributed by atoms with Crippen molar-refractivity contribution in [3.63, 3.8) is 0 Å². The van der Waals surface area contributed by atoms with E-state index in [-0.39, 0.29) is 5.91 Å². The van der Waals surface area contributed by atoms with E-state index in [0.29, 0.717) is 18.0 Å². The number of primary amides is 1. The van der Waals surface area contributed by atoms with Crippen LogP contribution in [0.15, 0.2) is 0 Å². The highest BCUT2D eigenvalue weighted by Gasteiger charge is 2.47. The number of nitrogens with two attached hydrogens (primary N) is 1. The van der Waals surface area contributed by atoms with Gasteiger partial charge < -0.3 is 16.0 Å². The average Bonchev–Trinajstić information content (AvgIpc) is 2.94. The Morgan fingerprint density at radius 3 is 2.65 bits per heavy atom. The SMILES string of the molecule is CCNC1(C(N)=O)CCC(N2CC(C)C(N(C)C)C2)C1. The van der Waals surface area contributed by atoms with Crippen LogP contribution in [0, 0.1) is 5.92 Å². The van der Waals surface area contributed by atoms with E-state index in [1.165, 1.54) is 0 Å². The summed E-state index contributed by atoms with van der Waals surface area (Å²) in [6, 6.07) is 1.12. The number of amides is 1. The van der Waals surface area contributed by atoms with Crippen molar-refractivity contribution in [1.82, 2.24) is 15.1 Å². The lowest BCUT2D eigenvalue weighted by molar-refractivity contribution is -0.124. The van der Waals surface area contributed by atoms with Crippen LogP contribution in [0.5, 0.6) is 0 Å². The normalized spacial score (nSPS) is 38.8. The van der Waals surface area contributed by atoms with Crippen LogP contribution in [0.1, 0.15) is 33.1 Å². The predicted octanol–water partition coefficient (Wildman–Crippen LogP) is 0.254. The van der Waals surface area contributed by atoms with E-state index in [4.69, 9.17) is 5.73 Å². The maximum absolute atomic E-state index is 11.8. The highest BCUT2D eigenvalue weighted by atomic mass is 16.1. The van der Waals surface area contributed by atoms with Gasteiger partial charge >= 0.3 is 0 Å². The molecule has 2 fully saturated rings. The fourth-order valence-electron chi connectivity index (χ4n) is 4.10. The molecular formula is C15H30N4O. The lowest BCUT2D eigenvalue weighted by Crippen LogP contribution is -2.54. The first kappa shape index (κ1) is 15.7. The zero-order valence-corrected chi connectivity index (χ0v) is 13.4. The molecule has 0 aromatic carbocycles. The minimum absolute atomic E-state index is 0.182. The van der Waals surface area contributed by atoms with Gasteiger partial charge in [0.2, 0.25) is 5.91 Å². The van der Waals surface area contributed by atoms with Gasteiger partial charge in [0.25, 0.3) is 0 Å². The second kappa shape index (κ2) is 6.00. The Morgan fingerprint density at radius 1 is 1.45 bits per heavy atom. The molecule has 0 aromatic rings. The first-order valence-corrected chi connectivity index (χ1v) is 7.85. The van der Waals surface area contributed by atoms with E-state index in [1.54, 1.807) is 0 Å². The maximum atomic E-state index is 11.8. The van der Waals surface area contributed by atoms with Gasteiger partial charge in [-0.25, -0.2) is 0 Å². The number of likely N-dealkylation sites (N-methyl/N-ethyl adjacent to an activating group) is 2. The molecule has 2 rings (SSSR count). The smallest absolute Gasteiger partial charge is 0.237 e. The van der Waals surface area contributed by atoms with Crippen molar-refractivity contribution in [1.29, 1.82) is 0 Å². The molecule has 1 amide bonds. The molecule has 2 aliphatic rings. The molecule has 0 spiro atoms. The Hall–Kier alpha value is -0.650. The summed E-state index contributed by atoms with van der Waals surface area (Å²) in [7, 11) is 4.32. The molecule has 20 heavy (non-hydrogen) atoms. The van der Waals surface area contributed by atoms with Gasteiger partial charge in [-0.2, -0.15) is 0 Å². The number of rotatable bonds is 5. The highest BCUT2D eigenvalue weighted by molar-refractivity contribution is 5.85. The number of likely N-dealkylation sites (tertiary alicyclic amines) is 1. The highest BCUT2D eigenvalue weighted by Crippen LogP contribution is 2.36. The van der Waals surface area contributed by atoms with Crippen molar-refractivity contribution in [3.8, 4) is 0 Å². The Balaban J connectivity index is 2.01. The van der Waals surface area contributed by atoms with Crippen molar-refractivity contribution in [2.45, 2.75) is 50.7 Å². The van der Waals surface area contributed by atoms with Crippen LogP contribution >= 0.6 is 0 Å². The molecule has 116 valence electrons. The van der Waals surface area contributed by atoms with Gasteiger partial charge in [0.15, 0.2) is 0 Å². The van der Waals surface area contributed by atoms with Gasteiger partial charge in [0.05, 0.1) is 5.54 Å². The number of hydrogen-bond donors (Lipinski definition) is 2. The van der Waals surface area contributed by atoms with Gasteiger partial charge in [0.1, 0.15) is 0 Å². The molecule has 0 radical (unpaired) electrons. The molecule has 4 atom stereocenters. The van der Waals surface area contributed by atoms with Gasteiger partial charge in [-0.3, -0.25) is 9.69 Å². The van der Waals surface area contributed by atoms with Crippen molar-refractivity contribution < 1.29 is 4.79 Å². The molecule has 1 aliphatic heterocycles. The summed E-state index contributed by atoms with van der Waals surface area (Å²) in [5.74, 6) is 0.506. The summed E-state index contributed by atoms with van der Waals surface area (Å²) in [4.78, 5) is 16.7. The van der Waals surface area contributed by atoms with Gasteiger partial charge in [0, 0.05) is 25.2 Å². The van der Waals surface area contributed by atoms with E-state index < -0.39 is 5.54 Å². The standard InChI is InChI=1S/C15H30N4O/c1-5-17-15(14(16)20)7-6-12(8-15)19-9-11(2)13(10-19)18(3)4/h11-13,17H,5-10H2,1-4H3,(H2,16,20). The topological polar surface area (TPSA) is 61.6 Å². The first-order chi connectivity index (χ1) is 9.39. The second-order valence-electron chi connectivity index (χ2n) is 6.84. The summed E-state index contributed by atoms with van der Waals surface area (Å²) < 4.78 is 0. The largest absolute Gasteiger partial charge is 0.368 e. The number of carbonyl (C=O) groups is 1. The molecule has 5 nitrogen and oxygen atoms in total. The summed E-state index contributed by atoms with van der Waals surface area (Å²) in [5, 5.41) is 3.34. The van der Waals surface area contributed by atoms with E-state index >= 15 is 0 Å². The van der Waals surface area contributed by atoms with Crippen LogP contribution in [0.2, 0.25) is 0 Å². The van der Waals surface area contributed by atoms with E-state index in [9.17, 15) is 4.79 Å². The second-order valence-corrected chi connectivity index (χ2v) is 6.84. The molecule has 0 aromatic heterocycles. The monoisotopic (exact) mass is 282 g/mol. The zero-order valence-electron chi connectivity index (χ0n) is 13.4. The van der Waals surface area contributed by atoms with Gasteiger partial charge in [-0.1, -0.05) is 13.8 Å². The van der Waals surface area contributed by atoms with Crippen molar-refractivity contribution >= 4 is 5.91 Å². The Kier molecular flexibility index (Phi) is 4.72. The predicted molar refractivity (Wildman–Crippen MR) is 81.5 cm³/mol. The van der Waals surface area contributed by atoms with Gasteiger partial charge in [-0.05, 0) is 45.8 Å². The van der Waals surface area contributed by atoms with Crippen LogP contribution in [-0.2, 0) is 4.79 Å². The van der Waals surface area contributed by atoms with Gasteiger partial charge in [-0.15, -0.1) is 0 Å². The number of hydrogen-bond acceptors (Lipinski definition) is 4. The Labute approximate surface area is 122 Å². The molecule has 1 heterocycles. The minimum atomic E-state index is -0.473. The summed E-state index contributed by atoms with van der Waals surface area (Å²) in [6.45, 7) is 7.41. The van der Waals surface area contributed by atoms with Crippen LogP contribution in [0.25, 0.3) is 0 Å². The lowest BCUT2D eigenvalue weighted by atomic mass is 9.96. The number of nitrogens with one attached hydrogen (secondary N) is 1. The first-order valence-electron chi connectivity index (χ1n) is 7.85. The molecular weight excluding hydrogens is 252 g/mol. The number of nitrogens with zero attached hydrogens (tertiary/aromatic N) is 2. The molecule has 3 N–H and O–H groups in total. The van der Waals surface area contributed by atoms with Crippen LogP contribution in [0.4, 0.5) is 0 Å². The number of carbonyl (C=O) groups excluding carboxylic acids is 1. The third kappa shape index (κ3) is 2.85. The minimum Gasteiger partial charge on any atom is -0.368 e. The molecule has 0 bridgehead atoms. The van der Waals surface area contributed by atoms with Crippen LogP contribution in [0.3, 0.4) is 0 Å². The molecule has 1 saturated heterocycles. The van der Waals surface area contributed by atoms with Crippen LogP contribution < -0.4 is 11.1 Å². The van der Waals surface area contributed by atoms with E-state index in [2.05, 4.69) is 36.1 Å². The molecule has 5 heteroatoms. The fourth-order valence-corrected chi connectivity index (χ4v) is 4.10. The maximum Gasteiger partial charge on any atom is 0.237 e. The summed E-state index contributed by atoms with van der Waals surface area (Å²) in [6.07, 6.45) is 2.81. The van der Waals surface area contributed by atoms with Crippen LogP contribution in [-0.4, -0.2) is 67.1 Å².